The summed E-state index contributed by atoms with van der Waals surface area (Å²) in [6.07, 6.45) is 2.03. The van der Waals surface area contributed by atoms with Gasteiger partial charge in [-0.15, -0.1) is 11.3 Å². The lowest BCUT2D eigenvalue weighted by molar-refractivity contribution is 0.0986. The van der Waals surface area contributed by atoms with Crippen LogP contribution in [0.1, 0.15) is 22.5 Å². The highest BCUT2D eigenvalue weighted by molar-refractivity contribution is 7.92. The summed E-state index contributed by atoms with van der Waals surface area (Å²) in [7, 11) is -4.21. The fourth-order valence-corrected chi connectivity index (χ4v) is 4.62. The van der Waals surface area contributed by atoms with Gasteiger partial charge >= 0.3 is 0 Å². The summed E-state index contributed by atoms with van der Waals surface area (Å²) < 4.78 is 33.3. The average molecular weight is 308 g/mol. The second-order valence-corrected chi connectivity index (χ2v) is 8.89. The Bertz CT molecular complexity index is 502. The molecule has 0 bridgehead atoms. The number of sulfone groups is 1. The minimum Gasteiger partial charge on any atom is -0.293 e. The van der Waals surface area contributed by atoms with Crippen LogP contribution in [0.3, 0.4) is 0 Å². The molecule has 1 rings (SSSR count). The number of Topliss-reactive ketones (excluding diaryl/α,β-unsaturated/α-hetero) is 1. The Morgan fingerprint density at radius 2 is 2.11 bits per heavy atom. The quantitative estimate of drug-likeness (QED) is 0.683. The zero-order valence-electron chi connectivity index (χ0n) is 10.1. The van der Waals surface area contributed by atoms with Gasteiger partial charge in [0.1, 0.15) is 9.84 Å². The molecule has 0 aromatic carbocycles. The van der Waals surface area contributed by atoms with Crippen LogP contribution in [-0.2, 0) is 20.6 Å². The molecule has 18 heavy (non-hydrogen) atoms. The lowest BCUT2D eigenvalue weighted by Crippen LogP contribution is -2.14. The van der Waals surface area contributed by atoms with Gasteiger partial charge in [0.15, 0.2) is 5.78 Å². The molecule has 4 nitrogen and oxygen atoms in total. The number of hydrogen-bond donors (Lipinski definition) is 0. The first-order valence-corrected chi connectivity index (χ1v) is 9.91. The van der Waals surface area contributed by atoms with E-state index in [0.717, 1.165) is 11.1 Å². The third-order valence-corrected chi connectivity index (χ3v) is 5.77. The van der Waals surface area contributed by atoms with E-state index in [2.05, 4.69) is 0 Å². The van der Waals surface area contributed by atoms with Crippen LogP contribution in [0.5, 0.6) is 0 Å². The summed E-state index contributed by atoms with van der Waals surface area (Å²) >= 11 is 1.40. The van der Waals surface area contributed by atoms with E-state index in [0.29, 0.717) is 18.6 Å². The monoisotopic (exact) mass is 308 g/mol. The highest BCUT2D eigenvalue weighted by Gasteiger charge is 2.09. The molecule has 1 aromatic rings. The van der Waals surface area contributed by atoms with E-state index in [1.54, 1.807) is 6.07 Å². The molecule has 1 aromatic heterocycles. The molecule has 102 valence electrons. The molecule has 1 atom stereocenters. The first kappa shape index (κ1) is 15.5. The van der Waals surface area contributed by atoms with Gasteiger partial charge in [0.2, 0.25) is 0 Å². The van der Waals surface area contributed by atoms with Crippen molar-refractivity contribution in [3.63, 3.8) is 0 Å². The standard InChI is InChI=1S/C11H16O4S3/c1-18(14,15)9-8-17(13)7-3-4-10(12)11-5-2-6-16-11/h2,5-6H,3-4,7-9H2,1H3. The summed E-state index contributed by atoms with van der Waals surface area (Å²) in [5, 5.41) is 1.84. The van der Waals surface area contributed by atoms with Crippen LogP contribution in [0, 0.1) is 0 Å². The third-order valence-electron chi connectivity index (χ3n) is 2.25. The number of thiophene rings is 1. The van der Waals surface area contributed by atoms with Gasteiger partial charge in [0.05, 0.1) is 10.6 Å². The van der Waals surface area contributed by atoms with Crippen molar-refractivity contribution in [2.24, 2.45) is 0 Å². The van der Waals surface area contributed by atoms with Crippen molar-refractivity contribution < 1.29 is 17.4 Å². The van der Waals surface area contributed by atoms with Crippen LogP contribution in [0.2, 0.25) is 0 Å². The molecule has 0 amide bonds. The summed E-state index contributed by atoms with van der Waals surface area (Å²) in [6, 6.07) is 3.59. The Hall–Kier alpha value is -0.530. The van der Waals surface area contributed by atoms with Gasteiger partial charge in [-0.05, 0) is 17.9 Å². The molecule has 1 heterocycles. The van der Waals surface area contributed by atoms with Gasteiger partial charge in [0, 0.05) is 35.0 Å². The van der Waals surface area contributed by atoms with Crippen LogP contribution in [0.15, 0.2) is 17.5 Å². The molecule has 0 N–H and O–H groups in total. The number of rotatable bonds is 8. The molecule has 0 saturated heterocycles. The molecular formula is C11H16O4S3. The normalized spacial score (nSPS) is 13.4. The van der Waals surface area contributed by atoms with Crippen molar-refractivity contribution in [1.82, 2.24) is 0 Å². The number of carbonyl (C=O) groups excluding carboxylic acids is 1. The Morgan fingerprint density at radius 3 is 2.67 bits per heavy atom. The van der Waals surface area contributed by atoms with E-state index in [4.69, 9.17) is 0 Å². The fourth-order valence-electron chi connectivity index (χ4n) is 1.30. The SMILES string of the molecule is CS(=O)(=O)CCS(=O)CCCC(=O)c1cccs1. The Kier molecular flexibility index (Phi) is 6.17. The molecule has 0 aliphatic rings. The van der Waals surface area contributed by atoms with E-state index in [-0.39, 0.29) is 17.3 Å². The van der Waals surface area contributed by atoms with Crippen molar-refractivity contribution in [3.8, 4) is 0 Å². The highest BCUT2D eigenvalue weighted by atomic mass is 32.2. The molecule has 0 radical (unpaired) electrons. The van der Waals surface area contributed by atoms with Gasteiger partial charge in [-0.2, -0.15) is 0 Å². The van der Waals surface area contributed by atoms with Gasteiger partial charge < -0.3 is 0 Å². The summed E-state index contributed by atoms with van der Waals surface area (Å²) in [6.45, 7) is 0. The van der Waals surface area contributed by atoms with Gasteiger partial charge in [0.25, 0.3) is 0 Å². The van der Waals surface area contributed by atoms with Crippen molar-refractivity contribution in [2.75, 3.05) is 23.5 Å². The van der Waals surface area contributed by atoms with Gasteiger partial charge in [-0.3, -0.25) is 9.00 Å². The second kappa shape index (κ2) is 7.16. The maximum absolute atomic E-state index is 11.6. The van der Waals surface area contributed by atoms with Crippen molar-refractivity contribution >= 4 is 37.8 Å². The topological polar surface area (TPSA) is 68.3 Å². The number of ketones is 1. The van der Waals surface area contributed by atoms with Gasteiger partial charge in [-0.25, -0.2) is 8.42 Å². The van der Waals surface area contributed by atoms with Crippen LogP contribution >= 0.6 is 11.3 Å². The summed E-state index contributed by atoms with van der Waals surface area (Å²) in [5.74, 6) is 0.544. The average Bonchev–Trinajstić information content (AvgIpc) is 2.78. The largest absolute Gasteiger partial charge is 0.293 e. The lowest BCUT2D eigenvalue weighted by atomic mass is 10.2. The summed E-state index contributed by atoms with van der Waals surface area (Å²) in [5.41, 5.74) is 0. The maximum Gasteiger partial charge on any atom is 0.172 e. The molecule has 0 aliphatic heterocycles. The zero-order chi connectivity index (χ0) is 13.6. The van der Waals surface area contributed by atoms with Crippen molar-refractivity contribution in [1.29, 1.82) is 0 Å². The zero-order valence-corrected chi connectivity index (χ0v) is 12.6. The lowest BCUT2D eigenvalue weighted by Gasteiger charge is -2.01. The van der Waals surface area contributed by atoms with Crippen LogP contribution in [0.4, 0.5) is 0 Å². The van der Waals surface area contributed by atoms with Crippen LogP contribution in [0.25, 0.3) is 0 Å². The second-order valence-electron chi connectivity index (χ2n) is 3.98. The molecule has 7 heteroatoms. The minimum absolute atomic E-state index is 0.0571. The number of carbonyl (C=O) groups is 1. The van der Waals surface area contributed by atoms with E-state index >= 15 is 0 Å². The molecule has 0 spiro atoms. The van der Waals surface area contributed by atoms with Crippen LogP contribution < -0.4 is 0 Å². The first-order chi connectivity index (χ1) is 8.38. The maximum atomic E-state index is 11.6. The molecule has 0 saturated carbocycles. The van der Waals surface area contributed by atoms with E-state index in [1.165, 1.54) is 11.3 Å². The predicted octanol–water partition coefficient (Wildman–Crippen LogP) is 1.50. The molecule has 0 fully saturated rings. The summed E-state index contributed by atoms with van der Waals surface area (Å²) in [4.78, 5) is 12.3. The molecular weight excluding hydrogens is 292 g/mol. The predicted molar refractivity (Wildman–Crippen MR) is 75.5 cm³/mol. The minimum atomic E-state index is -3.05. The van der Waals surface area contributed by atoms with E-state index < -0.39 is 20.6 Å². The fraction of sp³-hybridized carbons (Fsp3) is 0.545. The highest BCUT2D eigenvalue weighted by Crippen LogP contribution is 2.12. The Balaban J connectivity index is 2.22. The van der Waals surface area contributed by atoms with Crippen molar-refractivity contribution in [2.45, 2.75) is 12.8 Å². The third kappa shape index (κ3) is 6.42. The molecule has 0 aliphatic carbocycles. The van der Waals surface area contributed by atoms with E-state index in [1.807, 2.05) is 11.4 Å². The first-order valence-electron chi connectivity index (χ1n) is 5.48. The van der Waals surface area contributed by atoms with E-state index in [9.17, 15) is 17.4 Å². The van der Waals surface area contributed by atoms with Crippen molar-refractivity contribution in [3.05, 3.63) is 22.4 Å². The smallest absolute Gasteiger partial charge is 0.172 e. The Morgan fingerprint density at radius 1 is 1.39 bits per heavy atom. The Labute approximate surface area is 114 Å². The molecule has 1 unspecified atom stereocenters. The number of hydrogen-bond acceptors (Lipinski definition) is 5. The van der Waals surface area contributed by atoms with Crippen LogP contribution in [-0.4, -0.2) is 41.9 Å². The van der Waals surface area contributed by atoms with Gasteiger partial charge in [-0.1, -0.05) is 6.07 Å².